The van der Waals surface area contributed by atoms with Crippen molar-refractivity contribution in [3.63, 3.8) is 0 Å². The van der Waals surface area contributed by atoms with Gasteiger partial charge in [-0.15, -0.1) is 0 Å². The summed E-state index contributed by atoms with van der Waals surface area (Å²) >= 11 is 2.74. The van der Waals surface area contributed by atoms with Crippen molar-refractivity contribution in [2.24, 2.45) is 22.7 Å². The van der Waals surface area contributed by atoms with E-state index in [1.807, 2.05) is 30.3 Å². The van der Waals surface area contributed by atoms with E-state index in [9.17, 15) is 4.79 Å². The molecule has 4 bridgehead atoms. The molecule has 1 aromatic rings. The van der Waals surface area contributed by atoms with Gasteiger partial charge in [-0.05, 0) is 55.8 Å². The summed E-state index contributed by atoms with van der Waals surface area (Å²) in [6.45, 7) is 4.46. The van der Waals surface area contributed by atoms with Gasteiger partial charge < -0.3 is 0 Å². The molecule has 4 aliphatic rings. The first-order valence-electron chi connectivity index (χ1n) is 8.62. The maximum atomic E-state index is 13.3. The van der Waals surface area contributed by atoms with Gasteiger partial charge in [-0.2, -0.15) is 0 Å². The van der Waals surface area contributed by atoms with Crippen LogP contribution in [-0.2, 0) is 0 Å². The second-order valence-corrected chi connectivity index (χ2v) is 11.0. The van der Waals surface area contributed by atoms with Crippen LogP contribution in [-0.4, -0.2) is 9.20 Å². The third-order valence-electron chi connectivity index (χ3n) is 6.92. The number of halogens is 1. The fourth-order valence-electron chi connectivity index (χ4n) is 6.07. The van der Waals surface area contributed by atoms with E-state index < -0.39 is 0 Å². The number of ketones is 1. The second kappa shape index (κ2) is 4.81. The Morgan fingerprint density at radius 2 is 1.68 bits per heavy atom. The van der Waals surface area contributed by atoms with Crippen molar-refractivity contribution >= 4 is 28.4 Å². The van der Waals surface area contributed by atoms with Crippen LogP contribution in [0.25, 0.3) is 0 Å². The first-order valence-corrected chi connectivity index (χ1v) is 9.70. The molecule has 5 rings (SSSR count). The van der Waals surface area contributed by atoms with Crippen LogP contribution in [0.4, 0.5) is 0 Å². The number of carbonyl (C=O) groups is 1. The van der Waals surface area contributed by atoms with E-state index in [1.54, 1.807) is 0 Å². The van der Waals surface area contributed by atoms with Crippen LogP contribution in [0.2, 0.25) is 0 Å². The molecule has 1 aromatic carbocycles. The summed E-state index contributed by atoms with van der Waals surface area (Å²) in [6.07, 6.45) is 8.00. The van der Waals surface area contributed by atoms with Crippen LogP contribution in [0, 0.1) is 22.7 Å². The van der Waals surface area contributed by atoms with E-state index in [2.05, 4.69) is 36.4 Å². The normalized spacial score (nSPS) is 40.0. The highest BCUT2D eigenvalue weighted by Gasteiger charge is 2.63. The summed E-state index contributed by atoms with van der Waals surface area (Å²) in [5.41, 5.74) is 0.874. The van der Waals surface area contributed by atoms with Crippen LogP contribution in [0.1, 0.15) is 62.7 Å². The average molecular weight is 408 g/mol. The zero-order valence-electron chi connectivity index (χ0n) is 13.6. The highest BCUT2D eigenvalue weighted by atomic mass is 127. The van der Waals surface area contributed by atoms with Crippen molar-refractivity contribution in [1.82, 2.24) is 0 Å². The Morgan fingerprint density at radius 1 is 1.09 bits per heavy atom. The smallest absolute Gasteiger partial charge is 0.169 e. The number of Topliss-reactive ketones (excluding diaryl/α,β-unsaturated/α-hetero) is 1. The number of hydrogen-bond donors (Lipinski definition) is 0. The molecule has 0 N–H and O–H groups in total. The van der Waals surface area contributed by atoms with Crippen molar-refractivity contribution in [2.45, 2.75) is 55.8 Å². The fraction of sp³-hybridized carbons (Fsp3) is 0.650. The topological polar surface area (TPSA) is 17.1 Å². The SMILES string of the molecule is CC(C)(C(=O)c1ccccc1)C12CC3CC(CC(I)(C3)C1)C2. The van der Waals surface area contributed by atoms with Gasteiger partial charge in [-0.3, -0.25) is 4.79 Å². The Balaban J connectivity index is 1.72. The molecule has 2 unspecified atom stereocenters. The number of hydrogen-bond acceptors (Lipinski definition) is 1. The van der Waals surface area contributed by atoms with E-state index in [-0.39, 0.29) is 10.8 Å². The Labute approximate surface area is 147 Å². The number of alkyl halides is 1. The molecule has 0 amide bonds. The van der Waals surface area contributed by atoms with Gasteiger partial charge in [0.25, 0.3) is 0 Å². The summed E-state index contributed by atoms with van der Waals surface area (Å²) < 4.78 is 0.468. The van der Waals surface area contributed by atoms with Crippen LogP contribution < -0.4 is 0 Å². The minimum absolute atomic E-state index is 0.227. The molecular formula is C20H25IO. The van der Waals surface area contributed by atoms with E-state index in [1.165, 1.54) is 38.5 Å². The Hall–Kier alpha value is -0.380. The zero-order chi connectivity index (χ0) is 15.6. The molecule has 4 saturated carbocycles. The summed E-state index contributed by atoms with van der Waals surface area (Å²) in [5, 5.41) is 0. The Morgan fingerprint density at radius 3 is 2.23 bits per heavy atom. The highest BCUT2D eigenvalue weighted by Crippen LogP contribution is 2.69. The maximum Gasteiger partial charge on any atom is 0.169 e. The highest BCUT2D eigenvalue weighted by molar-refractivity contribution is 14.1. The molecule has 0 spiro atoms. The second-order valence-electron chi connectivity index (χ2n) is 8.71. The molecule has 0 radical (unpaired) electrons. The maximum absolute atomic E-state index is 13.3. The fourth-order valence-corrected chi connectivity index (χ4v) is 8.05. The van der Waals surface area contributed by atoms with Crippen LogP contribution in [0.15, 0.2) is 30.3 Å². The average Bonchev–Trinajstić information content (AvgIpc) is 2.44. The lowest BCUT2D eigenvalue weighted by Gasteiger charge is -2.64. The minimum Gasteiger partial charge on any atom is -0.294 e. The van der Waals surface area contributed by atoms with Crippen molar-refractivity contribution in [3.05, 3.63) is 35.9 Å². The van der Waals surface area contributed by atoms with E-state index in [4.69, 9.17) is 0 Å². The Kier molecular flexibility index (Phi) is 3.32. The predicted molar refractivity (Wildman–Crippen MR) is 98.4 cm³/mol. The van der Waals surface area contributed by atoms with Gasteiger partial charge >= 0.3 is 0 Å². The van der Waals surface area contributed by atoms with Crippen molar-refractivity contribution in [3.8, 4) is 0 Å². The third kappa shape index (κ3) is 2.12. The number of rotatable bonds is 3. The van der Waals surface area contributed by atoms with Gasteiger partial charge in [0, 0.05) is 14.4 Å². The lowest BCUT2D eigenvalue weighted by atomic mass is 9.42. The third-order valence-corrected chi connectivity index (χ3v) is 8.18. The monoisotopic (exact) mass is 408 g/mol. The van der Waals surface area contributed by atoms with Gasteiger partial charge in [0.05, 0.1) is 0 Å². The van der Waals surface area contributed by atoms with Crippen molar-refractivity contribution in [2.75, 3.05) is 0 Å². The van der Waals surface area contributed by atoms with Gasteiger partial charge in [0.2, 0.25) is 0 Å². The van der Waals surface area contributed by atoms with Crippen molar-refractivity contribution < 1.29 is 4.79 Å². The molecular weight excluding hydrogens is 383 g/mol. The summed E-state index contributed by atoms with van der Waals surface area (Å²) in [7, 11) is 0. The molecule has 2 atom stereocenters. The van der Waals surface area contributed by atoms with Crippen LogP contribution >= 0.6 is 22.6 Å². The largest absolute Gasteiger partial charge is 0.294 e. The first kappa shape index (κ1) is 15.2. The standard InChI is InChI=1S/C20H25IO/c1-18(2,17(22)16-6-4-3-5-7-16)19-9-14-8-15(10-19)12-20(21,11-14)13-19/h3-7,14-15H,8-13H2,1-2H3. The molecule has 4 fully saturated rings. The number of carbonyl (C=O) groups excluding carboxylic acids is 1. The van der Waals surface area contributed by atoms with Gasteiger partial charge in [0.1, 0.15) is 0 Å². The molecule has 0 aliphatic heterocycles. The first-order chi connectivity index (χ1) is 10.3. The molecule has 0 saturated heterocycles. The van der Waals surface area contributed by atoms with Crippen LogP contribution in [0.5, 0.6) is 0 Å². The molecule has 22 heavy (non-hydrogen) atoms. The molecule has 4 aliphatic carbocycles. The lowest BCUT2D eigenvalue weighted by Crippen LogP contribution is -2.59. The van der Waals surface area contributed by atoms with E-state index in [0.29, 0.717) is 9.20 Å². The molecule has 0 heterocycles. The van der Waals surface area contributed by atoms with Crippen molar-refractivity contribution in [1.29, 1.82) is 0 Å². The Bertz CT molecular complexity index is 589. The predicted octanol–water partition coefficient (Wildman–Crippen LogP) is 5.67. The summed E-state index contributed by atoms with van der Waals surface area (Å²) in [4.78, 5) is 13.3. The molecule has 1 nitrogen and oxygen atoms in total. The lowest BCUT2D eigenvalue weighted by molar-refractivity contribution is -0.0886. The summed E-state index contributed by atoms with van der Waals surface area (Å²) in [6, 6.07) is 9.95. The van der Waals surface area contributed by atoms with Gasteiger partial charge in [-0.25, -0.2) is 0 Å². The molecule has 2 heteroatoms. The molecule has 0 aromatic heterocycles. The van der Waals surface area contributed by atoms with E-state index in [0.717, 1.165) is 17.4 Å². The van der Waals surface area contributed by atoms with Crippen LogP contribution in [0.3, 0.4) is 0 Å². The quantitative estimate of drug-likeness (QED) is 0.358. The van der Waals surface area contributed by atoms with Gasteiger partial charge in [0.15, 0.2) is 5.78 Å². The summed E-state index contributed by atoms with van der Waals surface area (Å²) in [5.74, 6) is 2.08. The van der Waals surface area contributed by atoms with Gasteiger partial charge in [-0.1, -0.05) is 66.8 Å². The zero-order valence-corrected chi connectivity index (χ0v) is 15.7. The molecule has 118 valence electrons. The number of benzene rings is 1. The minimum atomic E-state index is -0.247. The van der Waals surface area contributed by atoms with E-state index >= 15 is 0 Å².